The number of rotatable bonds is 3. The van der Waals surface area contributed by atoms with Crippen molar-refractivity contribution >= 4 is 11.6 Å². The number of benzene rings is 2. The van der Waals surface area contributed by atoms with Gasteiger partial charge in [-0.3, -0.25) is 0 Å². The van der Waals surface area contributed by atoms with Gasteiger partial charge in [0.15, 0.2) is 0 Å². The van der Waals surface area contributed by atoms with E-state index in [1.165, 1.54) is 18.2 Å². The second-order valence-electron chi connectivity index (χ2n) is 4.82. The Balaban J connectivity index is 2.31. The van der Waals surface area contributed by atoms with Crippen LogP contribution in [-0.4, -0.2) is 0 Å². The van der Waals surface area contributed by atoms with E-state index in [4.69, 9.17) is 17.3 Å². The van der Waals surface area contributed by atoms with Crippen LogP contribution in [0.25, 0.3) is 0 Å². The summed E-state index contributed by atoms with van der Waals surface area (Å²) in [5, 5.41) is 0.0434. The third-order valence-corrected chi connectivity index (χ3v) is 3.33. The topological polar surface area (TPSA) is 26.0 Å². The molecule has 0 amide bonds. The summed E-state index contributed by atoms with van der Waals surface area (Å²) in [6.07, 6.45) is 0.369. The Morgan fingerprint density at radius 2 is 1.79 bits per heavy atom. The van der Waals surface area contributed by atoms with E-state index in [-0.39, 0.29) is 10.8 Å². The Labute approximate surface area is 116 Å². The zero-order valence-electron chi connectivity index (χ0n) is 10.5. The summed E-state index contributed by atoms with van der Waals surface area (Å²) in [6, 6.07) is 10.8. The highest BCUT2D eigenvalue weighted by atomic mass is 35.5. The molecular formula is C15H14ClF2N. The molecule has 0 fully saturated rings. The van der Waals surface area contributed by atoms with Gasteiger partial charge in [-0.1, -0.05) is 35.9 Å². The van der Waals surface area contributed by atoms with Gasteiger partial charge in [-0.25, -0.2) is 8.78 Å². The first-order valence-electron chi connectivity index (χ1n) is 5.88. The predicted molar refractivity (Wildman–Crippen MR) is 73.1 cm³/mol. The van der Waals surface area contributed by atoms with Gasteiger partial charge in [0.2, 0.25) is 0 Å². The molecule has 2 rings (SSSR count). The summed E-state index contributed by atoms with van der Waals surface area (Å²) in [5.74, 6) is -0.823. The Hall–Kier alpha value is -1.45. The average molecular weight is 282 g/mol. The van der Waals surface area contributed by atoms with Gasteiger partial charge in [0.05, 0.1) is 5.02 Å². The zero-order valence-corrected chi connectivity index (χ0v) is 11.2. The summed E-state index contributed by atoms with van der Waals surface area (Å²) >= 11 is 5.73. The molecule has 4 heteroatoms. The van der Waals surface area contributed by atoms with Crippen LogP contribution >= 0.6 is 11.6 Å². The highest BCUT2D eigenvalue weighted by Gasteiger charge is 2.25. The standard InChI is InChI=1S/C15H14ClF2N/c1-15(19,11-4-2-3-5-13(11)17)9-10-6-7-14(18)12(16)8-10/h2-8H,9,19H2,1H3. The fourth-order valence-corrected chi connectivity index (χ4v) is 2.30. The second kappa shape index (κ2) is 5.27. The molecule has 0 aliphatic carbocycles. The smallest absolute Gasteiger partial charge is 0.141 e. The monoisotopic (exact) mass is 281 g/mol. The predicted octanol–water partition coefficient (Wildman–Crippen LogP) is 4.03. The van der Waals surface area contributed by atoms with Crippen molar-refractivity contribution in [3.8, 4) is 0 Å². The first kappa shape index (κ1) is 14.0. The summed E-state index contributed by atoms with van der Waals surface area (Å²) < 4.78 is 26.9. The Bertz CT molecular complexity index is 596. The second-order valence-corrected chi connectivity index (χ2v) is 5.23. The van der Waals surface area contributed by atoms with Crippen LogP contribution in [0.2, 0.25) is 5.02 Å². The Kier molecular flexibility index (Phi) is 3.88. The summed E-state index contributed by atoms with van der Waals surface area (Å²) in [5.41, 5.74) is 6.49. The van der Waals surface area contributed by atoms with E-state index in [0.717, 1.165) is 5.56 Å². The van der Waals surface area contributed by atoms with E-state index in [1.807, 2.05) is 0 Å². The van der Waals surface area contributed by atoms with Crippen molar-refractivity contribution in [1.29, 1.82) is 0 Å². The van der Waals surface area contributed by atoms with Gasteiger partial charge < -0.3 is 5.73 Å². The molecule has 0 spiro atoms. The minimum absolute atomic E-state index is 0.0434. The van der Waals surface area contributed by atoms with Crippen LogP contribution in [0.3, 0.4) is 0 Å². The normalized spacial score (nSPS) is 14.2. The lowest BCUT2D eigenvalue weighted by atomic mass is 9.86. The SMILES string of the molecule is CC(N)(Cc1ccc(F)c(Cl)c1)c1ccccc1F. The average Bonchev–Trinajstić information content (AvgIpc) is 2.34. The van der Waals surface area contributed by atoms with Crippen LogP contribution < -0.4 is 5.73 Å². The number of nitrogens with two attached hydrogens (primary N) is 1. The van der Waals surface area contributed by atoms with Crippen LogP contribution in [0.1, 0.15) is 18.1 Å². The molecule has 19 heavy (non-hydrogen) atoms. The van der Waals surface area contributed by atoms with Crippen molar-refractivity contribution in [3.05, 3.63) is 70.2 Å². The van der Waals surface area contributed by atoms with Crippen molar-refractivity contribution in [3.63, 3.8) is 0 Å². The van der Waals surface area contributed by atoms with E-state index in [9.17, 15) is 8.78 Å². The summed E-state index contributed by atoms with van der Waals surface area (Å²) in [6.45, 7) is 1.74. The molecule has 1 atom stereocenters. The molecule has 0 aromatic heterocycles. The lowest BCUT2D eigenvalue weighted by molar-refractivity contribution is 0.457. The fraction of sp³-hybridized carbons (Fsp3) is 0.200. The number of hydrogen-bond donors (Lipinski definition) is 1. The number of hydrogen-bond acceptors (Lipinski definition) is 1. The largest absolute Gasteiger partial charge is 0.321 e. The van der Waals surface area contributed by atoms with Crippen LogP contribution in [-0.2, 0) is 12.0 Å². The molecule has 0 saturated carbocycles. The van der Waals surface area contributed by atoms with Gasteiger partial charge in [0.1, 0.15) is 11.6 Å². The van der Waals surface area contributed by atoms with Crippen LogP contribution in [0.4, 0.5) is 8.78 Å². The van der Waals surface area contributed by atoms with Gasteiger partial charge in [0.25, 0.3) is 0 Å². The maximum absolute atomic E-state index is 13.8. The highest BCUT2D eigenvalue weighted by molar-refractivity contribution is 6.30. The van der Waals surface area contributed by atoms with Crippen LogP contribution in [0.5, 0.6) is 0 Å². The third-order valence-electron chi connectivity index (χ3n) is 3.04. The molecule has 2 aromatic carbocycles. The Morgan fingerprint density at radius 1 is 1.11 bits per heavy atom. The fourth-order valence-electron chi connectivity index (χ4n) is 2.09. The molecule has 0 bridgehead atoms. The molecule has 0 heterocycles. The van der Waals surface area contributed by atoms with Crippen LogP contribution in [0.15, 0.2) is 42.5 Å². The van der Waals surface area contributed by atoms with E-state index in [1.54, 1.807) is 31.2 Å². The molecule has 0 saturated heterocycles. The van der Waals surface area contributed by atoms with Gasteiger partial charge in [-0.15, -0.1) is 0 Å². The maximum Gasteiger partial charge on any atom is 0.141 e. The third kappa shape index (κ3) is 3.11. The van der Waals surface area contributed by atoms with Crippen molar-refractivity contribution in [2.45, 2.75) is 18.9 Å². The van der Waals surface area contributed by atoms with E-state index in [0.29, 0.717) is 12.0 Å². The highest BCUT2D eigenvalue weighted by Crippen LogP contribution is 2.26. The summed E-state index contributed by atoms with van der Waals surface area (Å²) in [7, 11) is 0. The molecule has 2 aromatic rings. The van der Waals surface area contributed by atoms with E-state index >= 15 is 0 Å². The van der Waals surface area contributed by atoms with Crippen molar-refractivity contribution in [2.75, 3.05) is 0 Å². The number of halogens is 3. The van der Waals surface area contributed by atoms with Gasteiger partial charge in [-0.2, -0.15) is 0 Å². The molecule has 0 aliphatic rings. The van der Waals surface area contributed by atoms with E-state index in [2.05, 4.69) is 0 Å². The first-order chi connectivity index (χ1) is 8.90. The van der Waals surface area contributed by atoms with Crippen molar-refractivity contribution in [2.24, 2.45) is 5.73 Å². The van der Waals surface area contributed by atoms with Gasteiger partial charge >= 0.3 is 0 Å². The molecular weight excluding hydrogens is 268 g/mol. The first-order valence-corrected chi connectivity index (χ1v) is 6.26. The molecule has 1 nitrogen and oxygen atoms in total. The lowest BCUT2D eigenvalue weighted by Gasteiger charge is -2.26. The molecule has 1 unspecified atom stereocenters. The quantitative estimate of drug-likeness (QED) is 0.903. The van der Waals surface area contributed by atoms with Gasteiger partial charge in [0, 0.05) is 11.1 Å². The Morgan fingerprint density at radius 3 is 2.42 bits per heavy atom. The maximum atomic E-state index is 13.8. The molecule has 0 radical (unpaired) electrons. The minimum Gasteiger partial charge on any atom is -0.321 e. The molecule has 2 N–H and O–H groups in total. The zero-order chi connectivity index (χ0) is 14.0. The van der Waals surface area contributed by atoms with E-state index < -0.39 is 11.4 Å². The van der Waals surface area contributed by atoms with Crippen molar-refractivity contribution in [1.82, 2.24) is 0 Å². The molecule has 0 aliphatic heterocycles. The minimum atomic E-state index is -0.882. The van der Waals surface area contributed by atoms with Crippen molar-refractivity contribution < 1.29 is 8.78 Å². The lowest BCUT2D eigenvalue weighted by Crippen LogP contribution is -2.36. The summed E-state index contributed by atoms with van der Waals surface area (Å²) in [4.78, 5) is 0. The van der Waals surface area contributed by atoms with Gasteiger partial charge in [-0.05, 0) is 37.1 Å². The molecule has 100 valence electrons. The van der Waals surface area contributed by atoms with Crippen LogP contribution in [0, 0.1) is 11.6 Å².